The molecule has 0 spiro atoms. The smallest absolute Gasteiger partial charge is 0.213 e. The monoisotopic (exact) mass is 365 g/mol. The highest BCUT2D eigenvalue weighted by molar-refractivity contribution is 7.90. The van der Waals surface area contributed by atoms with Gasteiger partial charge in [-0.25, -0.2) is 13.4 Å². The molecule has 2 aromatic rings. The molecule has 1 N–H and O–H groups in total. The third kappa shape index (κ3) is 4.61. The van der Waals surface area contributed by atoms with Gasteiger partial charge >= 0.3 is 0 Å². The molecule has 3 rings (SSSR count). The van der Waals surface area contributed by atoms with Gasteiger partial charge in [0.1, 0.15) is 28.3 Å². The van der Waals surface area contributed by atoms with Crippen LogP contribution in [-0.4, -0.2) is 43.7 Å². The van der Waals surface area contributed by atoms with Crippen LogP contribution < -0.4 is 14.2 Å². The van der Waals surface area contributed by atoms with E-state index in [4.69, 9.17) is 14.2 Å². The van der Waals surface area contributed by atoms with Gasteiger partial charge in [0.15, 0.2) is 11.5 Å². The maximum atomic E-state index is 11.0. The fourth-order valence-corrected chi connectivity index (χ4v) is 3.06. The summed E-state index contributed by atoms with van der Waals surface area (Å²) in [6.45, 7) is 0.492. The van der Waals surface area contributed by atoms with E-state index in [1.165, 1.54) is 12.5 Å². The van der Waals surface area contributed by atoms with Crippen molar-refractivity contribution in [3.8, 4) is 23.1 Å². The molecular formula is C17H19NO6S. The maximum Gasteiger partial charge on any atom is 0.213 e. The van der Waals surface area contributed by atoms with E-state index in [0.29, 0.717) is 35.1 Å². The van der Waals surface area contributed by atoms with Crippen molar-refractivity contribution in [2.45, 2.75) is 12.5 Å². The molecule has 0 saturated heterocycles. The van der Waals surface area contributed by atoms with Crippen molar-refractivity contribution in [2.75, 3.05) is 25.2 Å². The molecule has 0 unspecified atom stereocenters. The normalized spacial score (nSPS) is 16.2. The fraction of sp³-hybridized carbons (Fsp3) is 0.353. The number of hydrogen-bond donors (Lipinski definition) is 1. The number of ether oxygens (including phenoxy) is 3. The van der Waals surface area contributed by atoms with Crippen LogP contribution in [0.15, 0.2) is 36.5 Å². The summed E-state index contributed by atoms with van der Waals surface area (Å²) in [6.07, 6.45) is 2.48. The number of aliphatic hydroxyl groups is 1. The summed E-state index contributed by atoms with van der Waals surface area (Å²) >= 11 is 0. The zero-order valence-corrected chi connectivity index (χ0v) is 14.5. The maximum absolute atomic E-state index is 11.0. The first kappa shape index (κ1) is 17.5. The summed E-state index contributed by atoms with van der Waals surface area (Å²) in [6, 6.07) is 8.69. The summed E-state index contributed by atoms with van der Waals surface area (Å²) in [5.74, 6) is 2.03. The average Bonchev–Trinajstić information content (AvgIpc) is 2.95. The van der Waals surface area contributed by atoms with Gasteiger partial charge in [0, 0.05) is 17.9 Å². The Morgan fingerprint density at radius 3 is 2.88 bits per heavy atom. The zero-order chi connectivity index (χ0) is 17.9. The Labute approximate surface area is 146 Å². The van der Waals surface area contributed by atoms with Gasteiger partial charge in [-0.1, -0.05) is 12.1 Å². The van der Waals surface area contributed by atoms with Gasteiger partial charge in [-0.2, -0.15) is 0 Å². The van der Waals surface area contributed by atoms with Crippen LogP contribution in [0.3, 0.4) is 0 Å². The number of rotatable bonds is 7. The summed E-state index contributed by atoms with van der Waals surface area (Å²) in [5.41, 5.74) is 0.705. The molecule has 1 aliphatic rings. The highest BCUT2D eigenvalue weighted by Crippen LogP contribution is 2.41. The van der Waals surface area contributed by atoms with E-state index in [0.717, 1.165) is 0 Å². The van der Waals surface area contributed by atoms with Crippen LogP contribution in [-0.2, 0) is 9.84 Å². The Kier molecular flexibility index (Phi) is 5.10. The molecule has 0 fully saturated rings. The molecule has 1 aromatic heterocycles. The Hall–Kier alpha value is -2.32. The highest BCUT2D eigenvalue weighted by atomic mass is 32.2. The van der Waals surface area contributed by atoms with Gasteiger partial charge in [0.2, 0.25) is 5.88 Å². The lowest BCUT2D eigenvalue weighted by Gasteiger charge is -2.10. The standard InChI is InChI=1S/C17H19NO6S/c1-25(20,21)9-3-8-22-16-7-6-12(10-18-16)24-15-5-2-4-13-14(19)11-23-17(13)15/h2,4-7,10,14,19H,3,8-9,11H2,1H3/t14-/m1/s1. The third-order valence-electron chi connectivity index (χ3n) is 3.60. The van der Waals surface area contributed by atoms with Gasteiger partial charge in [0.05, 0.1) is 18.6 Å². The van der Waals surface area contributed by atoms with Gasteiger partial charge in [0.25, 0.3) is 0 Å². The molecule has 0 radical (unpaired) electrons. The number of aliphatic hydroxyl groups excluding tert-OH is 1. The van der Waals surface area contributed by atoms with Crippen molar-refractivity contribution in [2.24, 2.45) is 0 Å². The molecule has 1 aromatic carbocycles. The molecule has 7 nitrogen and oxygen atoms in total. The molecule has 8 heteroatoms. The molecule has 0 bridgehead atoms. The van der Waals surface area contributed by atoms with Crippen LogP contribution in [0.4, 0.5) is 0 Å². The quantitative estimate of drug-likeness (QED) is 0.751. The summed E-state index contributed by atoms with van der Waals surface area (Å²) < 4.78 is 38.7. The molecule has 134 valence electrons. The minimum Gasteiger partial charge on any atom is -0.486 e. The number of benzene rings is 1. The van der Waals surface area contributed by atoms with E-state index in [2.05, 4.69) is 4.98 Å². The van der Waals surface area contributed by atoms with Crippen LogP contribution in [0.2, 0.25) is 0 Å². The van der Waals surface area contributed by atoms with Crippen LogP contribution in [0.1, 0.15) is 18.1 Å². The second-order valence-corrected chi connectivity index (χ2v) is 8.03. The minimum atomic E-state index is -2.98. The van der Waals surface area contributed by atoms with E-state index in [9.17, 15) is 13.5 Å². The predicted octanol–water partition coefficient (Wildman–Crippen LogP) is 2.11. The minimum absolute atomic E-state index is 0.0825. The first-order chi connectivity index (χ1) is 11.9. The first-order valence-electron chi connectivity index (χ1n) is 7.80. The molecule has 0 aliphatic carbocycles. The zero-order valence-electron chi connectivity index (χ0n) is 13.7. The second kappa shape index (κ2) is 7.28. The van der Waals surface area contributed by atoms with E-state index in [1.807, 2.05) is 0 Å². The fourth-order valence-electron chi connectivity index (χ4n) is 2.42. The van der Waals surface area contributed by atoms with Gasteiger partial charge in [-0.05, 0) is 18.6 Å². The van der Waals surface area contributed by atoms with Crippen molar-refractivity contribution in [1.29, 1.82) is 0 Å². The largest absolute Gasteiger partial charge is 0.486 e. The molecule has 2 heterocycles. The topological polar surface area (TPSA) is 95.0 Å². The summed E-state index contributed by atoms with van der Waals surface area (Å²) in [7, 11) is -2.98. The average molecular weight is 365 g/mol. The van der Waals surface area contributed by atoms with Crippen molar-refractivity contribution >= 4 is 9.84 Å². The van der Waals surface area contributed by atoms with Crippen LogP contribution in [0, 0.1) is 0 Å². The van der Waals surface area contributed by atoms with Crippen molar-refractivity contribution < 1.29 is 27.7 Å². The number of aromatic nitrogens is 1. The van der Waals surface area contributed by atoms with Crippen molar-refractivity contribution in [3.63, 3.8) is 0 Å². The lowest BCUT2D eigenvalue weighted by atomic mass is 10.1. The molecule has 0 amide bonds. The first-order valence-corrected chi connectivity index (χ1v) is 9.86. The van der Waals surface area contributed by atoms with Crippen LogP contribution >= 0.6 is 0 Å². The molecule has 1 atom stereocenters. The SMILES string of the molecule is CS(=O)(=O)CCCOc1ccc(Oc2cccc3c2OC[C@H]3O)cn1. The third-order valence-corrected chi connectivity index (χ3v) is 4.63. The van der Waals surface area contributed by atoms with Crippen molar-refractivity contribution in [1.82, 2.24) is 4.98 Å². The second-order valence-electron chi connectivity index (χ2n) is 5.77. The van der Waals surface area contributed by atoms with Crippen LogP contribution in [0.5, 0.6) is 23.1 Å². The van der Waals surface area contributed by atoms with Gasteiger partial charge in [-0.3, -0.25) is 0 Å². The Balaban J connectivity index is 1.59. The lowest BCUT2D eigenvalue weighted by molar-refractivity contribution is 0.140. The predicted molar refractivity (Wildman–Crippen MR) is 91.0 cm³/mol. The van der Waals surface area contributed by atoms with Crippen LogP contribution in [0.25, 0.3) is 0 Å². The molecule has 0 saturated carbocycles. The van der Waals surface area contributed by atoms with Gasteiger partial charge in [-0.15, -0.1) is 0 Å². The number of para-hydroxylation sites is 1. The summed E-state index contributed by atoms with van der Waals surface area (Å²) in [5, 5.41) is 9.81. The summed E-state index contributed by atoms with van der Waals surface area (Å²) in [4.78, 5) is 4.13. The Morgan fingerprint density at radius 1 is 1.32 bits per heavy atom. The number of sulfone groups is 1. The molecular weight excluding hydrogens is 346 g/mol. The van der Waals surface area contributed by atoms with E-state index in [1.54, 1.807) is 30.3 Å². The van der Waals surface area contributed by atoms with Gasteiger partial charge < -0.3 is 19.3 Å². The number of nitrogens with zero attached hydrogens (tertiary/aromatic N) is 1. The molecule has 1 aliphatic heterocycles. The van der Waals surface area contributed by atoms with E-state index in [-0.39, 0.29) is 19.0 Å². The lowest BCUT2D eigenvalue weighted by Crippen LogP contribution is -2.08. The number of pyridine rings is 1. The number of hydrogen-bond acceptors (Lipinski definition) is 7. The molecule has 25 heavy (non-hydrogen) atoms. The number of fused-ring (bicyclic) bond motifs is 1. The Morgan fingerprint density at radius 2 is 2.16 bits per heavy atom. The Bertz CT molecular complexity index is 835. The van der Waals surface area contributed by atoms with E-state index < -0.39 is 15.9 Å². The van der Waals surface area contributed by atoms with E-state index >= 15 is 0 Å². The highest BCUT2D eigenvalue weighted by Gasteiger charge is 2.25. The van der Waals surface area contributed by atoms with Crippen molar-refractivity contribution in [3.05, 3.63) is 42.1 Å².